The van der Waals surface area contributed by atoms with Crippen LogP contribution >= 0.6 is 22.6 Å². The third kappa shape index (κ3) is 3.37. The Hall–Kier alpha value is -0.770. The Kier molecular flexibility index (Phi) is 5.06. The first-order valence-electron chi connectivity index (χ1n) is 4.43. The van der Waals surface area contributed by atoms with Gasteiger partial charge in [0, 0.05) is 6.54 Å². The molecule has 1 aromatic heterocycles. The second-order valence-corrected chi connectivity index (χ2v) is 4.01. The van der Waals surface area contributed by atoms with Gasteiger partial charge >= 0.3 is 0 Å². The van der Waals surface area contributed by atoms with Gasteiger partial charge in [0.25, 0.3) is 12.0 Å². The molecular weight excluding hydrogens is 335 g/mol. The maximum Gasteiger partial charge on any atom is 0.266 e. The number of nitrogens with one attached hydrogen (secondary N) is 1. The largest absolute Gasteiger partial charge is 0.395 e. The first kappa shape index (κ1) is 13.3. The third-order valence-corrected chi connectivity index (χ3v) is 2.78. The van der Waals surface area contributed by atoms with Gasteiger partial charge in [0.2, 0.25) is 0 Å². The molecule has 0 saturated carbocycles. The van der Waals surface area contributed by atoms with Gasteiger partial charge in [-0.15, -0.1) is 0 Å². The number of hydrogen-bond acceptors (Lipinski definition) is 4. The van der Waals surface area contributed by atoms with Crippen LogP contribution in [0.4, 0.5) is 14.6 Å². The number of H-pyrrole nitrogens is 1. The van der Waals surface area contributed by atoms with E-state index in [1.807, 2.05) is 0 Å². The smallest absolute Gasteiger partial charge is 0.266 e. The molecule has 1 aromatic rings. The number of alkyl halides is 2. The number of rotatable bonds is 5. The molecule has 0 atom stereocenters. The molecule has 0 radical (unpaired) electrons. The first-order chi connectivity index (χ1) is 7.56. The molecule has 1 heterocycles. The molecule has 0 aliphatic heterocycles. The zero-order valence-electron chi connectivity index (χ0n) is 8.16. The van der Waals surface area contributed by atoms with E-state index in [2.05, 4.69) is 9.97 Å². The fraction of sp³-hybridized carbons (Fsp3) is 0.500. The van der Waals surface area contributed by atoms with Crippen LogP contribution < -0.4 is 10.5 Å². The highest BCUT2D eigenvalue weighted by Gasteiger charge is 2.17. The topological polar surface area (TPSA) is 69.2 Å². The standard InChI is InChI=1S/C8H10F2IN3O2/c9-5(10)3-14(1-2-15)7-6(11)8(16)13-4-12-7/h4-5,15H,1-3H2,(H,12,13,16). The molecule has 0 saturated heterocycles. The molecule has 5 nitrogen and oxygen atoms in total. The van der Waals surface area contributed by atoms with Crippen LogP contribution in [0.25, 0.3) is 0 Å². The van der Waals surface area contributed by atoms with Crippen LogP contribution in [0.5, 0.6) is 0 Å². The second kappa shape index (κ2) is 6.09. The van der Waals surface area contributed by atoms with Crippen molar-refractivity contribution in [3.8, 4) is 0 Å². The van der Waals surface area contributed by atoms with Gasteiger partial charge in [0.15, 0.2) is 0 Å². The summed E-state index contributed by atoms with van der Waals surface area (Å²) in [7, 11) is 0. The fourth-order valence-corrected chi connectivity index (χ4v) is 1.80. The highest BCUT2D eigenvalue weighted by Crippen LogP contribution is 2.16. The summed E-state index contributed by atoms with van der Waals surface area (Å²) in [5.74, 6) is 0.165. The molecule has 1 rings (SSSR count). The minimum Gasteiger partial charge on any atom is -0.395 e. The number of anilines is 1. The van der Waals surface area contributed by atoms with Gasteiger partial charge in [-0.25, -0.2) is 13.8 Å². The molecule has 2 N–H and O–H groups in total. The Morgan fingerprint density at radius 3 is 2.88 bits per heavy atom. The summed E-state index contributed by atoms with van der Waals surface area (Å²) < 4.78 is 24.8. The normalized spacial score (nSPS) is 10.8. The molecule has 0 amide bonds. The maximum absolute atomic E-state index is 12.3. The summed E-state index contributed by atoms with van der Waals surface area (Å²) in [6.07, 6.45) is -1.40. The van der Waals surface area contributed by atoms with Crippen molar-refractivity contribution in [2.75, 3.05) is 24.6 Å². The molecule has 8 heteroatoms. The SMILES string of the molecule is O=c1[nH]cnc(N(CCO)CC(F)F)c1I. The van der Waals surface area contributed by atoms with E-state index >= 15 is 0 Å². The van der Waals surface area contributed by atoms with Crippen molar-refractivity contribution < 1.29 is 13.9 Å². The molecule has 16 heavy (non-hydrogen) atoms. The molecule has 0 aromatic carbocycles. The second-order valence-electron chi connectivity index (χ2n) is 2.93. The van der Waals surface area contributed by atoms with Gasteiger partial charge in [0.05, 0.1) is 19.5 Å². The lowest BCUT2D eigenvalue weighted by atomic mass is 10.4. The van der Waals surface area contributed by atoms with Crippen LogP contribution in [0, 0.1) is 3.57 Å². The average molecular weight is 345 g/mol. The Labute approximate surface area is 104 Å². The van der Waals surface area contributed by atoms with Crippen molar-refractivity contribution in [2.24, 2.45) is 0 Å². The van der Waals surface area contributed by atoms with Crippen molar-refractivity contribution in [3.63, 3.8) is 0 Å². The van der Waals surface area contributed by atoms with E-state index < -0.39 is 13.0 Å². The number of hydrogen-bond donors (Lipinski definition) is 2. The van der Waals surface area contributed by atoms with Gasteiger partial charge in [-0.2, -0.15) is 0 Å². The summed E-state index contributed by atoms with van der Waals surface area (Å²) in [5.41, 5.74) is -0.386. The van der Waals surface area contributed by atoms with Crippen molar-refractivity contribution in [2.45, 2.75) is 6.43 Å². The van der Waals surface area contributed by atoms with Crippen molar-refractivity contribution in [1.29, 1.82) is 0 Å². The van der Waals surface area contributed by atoms with Crippen LogP contribution in [0.1, 0.15) is 0 Å². The maximum atomic E-state index is 12.3. The number of aromatic amines is 1. The van der Waals surface area contributed by atoms with Crippen LogP contribution in [-0.4, -0.2) is 41.2 Å². The van der Waals surface area contributed by atoms with Crippen LogP contribution in [0.3, 0.4) is 0 Å². The Morgan fingerprint density at radius 2 is 2.31 bits per heavy atom. The van der Waals surface area contributed by atoms with Crippen molar-refractivity contribution in [1.82, 2.24) is 9.97 Å². The van der Waals surface area contributed by atoms with Gasteiger partial charge in [-0.05, 0) is 22.6 Å². The summed E-state index contributed by atoms with van der Waals surface area (Å²) in [6, 6.07) is 0. The van der Waals surface area contributed by atoms with Crippen molar-refractivity contribution >= 4 is 28.4 Å². The molecule has 0 spiro atoms. The van der Waals surface area contributed by atoms with E-state index in [9.17, 15) is 13.6 Å². The number of nitrogens with zero attached hydrogens (tertiary/aromatic N) is 2. The molecule has 0 fully saturated rings. The zero-order valence-corrected chi connectivity index (χ0v) is 10.3. The van der Waals surface area contributed by atoms with Crippen LogP contribution in [0.15, 0.2) is 11.1 Å². The number of halogens is 3. The summed E-state index contributed by atoms with van der Waals surface area (Å²) in [4.78, 5) is 18.6. The lowest BCUT2D eigenvalue weighted by Gasteiger charge is -2.22. The monoisotopic (exact) mass is 345 g/mol. The van der Waals surface area contributed by atoms with E-state index in [0.717, 1.165) is 6.33 Å². The molecular formula is C8H10F2IN3O2. The Balaban J connectivity index is 3.00. The lowest BCUT2D eigenvalue weighted by Crippen LogP contribution is -2.34. The summed E-state index contributed by atoms with van der Waals surface area (Å²) in [5, 5.41) is 8.77. The number of aliphatic hydroxyl groups excluding tert-OH is 1. The highest BCUT2D eigenvalue weighted by molar-refractivity contribution is 14.1. The molecule has 0 aliphatic carbocycles. The van der Waals surface area contributed by atoms with Crippen LogP contribution in [0.2, 0.25) is 0 Å². The van der Waals surface area contributed by atoms with Gasteiger partial charge < -0.3 is 15.0 Å². The predicted octanol–water partition coefficient (Wildman–Crippen LogP) is 0.438. The predicted molar refractivity (Wildman–Crippen MR) is 62.9 cm³/mol. The Morgan fingerprint density at radius 1 is 1.62 bits per heavy atom. The van der Waals surface area contributed by atoms with Crippen LogP contribution in [-0.2, 0) is 0 Å². The Bertz CT molecular complexity index is 399. The fourth-order valence-electron chi connectivity index (χ4n) is 1.17. The summed E-state index contributed by atoms with van der Waals surface area (Å²) >= 11 is 1.73. The minimum absolute atomic E-state index is 0.0107. The zero-order chi connectivity index (χ0) is 12.1. The van der Waals surface area contributed by atoms with E-state index in [0.29, 0.717) is 0 Å². The lowest BCUT2D eigenvalue weighted by molar-refractivity contribution is 0.152. The van der Waals surface area contributed by atoms with E-state index in [1.54, 1.807) is 22.6 Å². The highest BCUT2D eigenvalue weighted by atomic mass is 127. The minimum atomic E-state index is -2.55. The molecule has 0 aliphatic rings. The number of aliphatic hydroxyl groups is 1. The molecule has 0 unspecified atom stereocenters. The quantitative estimate of drug-likeness (QED) is 0.760. The van der Waals surface area contributed by atoms with E-state index in [1.165, 1.54) is 4.90 Å². The first-order valence-corrected chi connectivity index (χ1v) is 5.51. The van der Waals surface area contributed by atoms with Gasteiger partial charge in [-0.1, -0.05) is 0 Å². The number of aromatic nitrogens is 2. The van der Waals surface area contributed by atoms with Gasteiger partial charge in [-0.3, -0.25) is 4.79 Å². The van der Waals surface area contributed by atoms with E-state index in [4.69, 9.17) is 5.11 Å². The summed E-state index contributed by atoms with van der Waals surface area (Å²) in [6.45, 7) is -0.832. The molecule has 0 bridgehead atoms. The third-order valence-electron chi connectivity index (χ3n) is 1.81. The average Bonchev–Trinajstić information content (AvgIpc) is 2.21. The van der Waals surface area contributed by atoms with E-state index in [-0.39, 0.29) is 28.1 Å². The van der Waals surface area contributed by atoms with Crippen molar-refractivity contribution in [3.05, 3.63) is 20.3 Å². The molecule has 90 valence electrons. The van der Waals surface area contributed by atoms with Gasteiger partial charge in [0.1, 0.15) is 9.39 Å².